The third kappa shape index (κ3) is 2.19. The average molecular weight is 293 g/mol. The van der Waals surface area contributed by atoms with Crippen molar-refractivity contribution >= 4 is 27.3 Å². The van der Waals surface area contributed by atoms with Gasteiger partial charge in [-0.25, -0.2) is 8.42 Å². The summed E-state index contributed by atoms with van der Waals surface area (Å²) in [6.07, 6.45) is -0.717. The molecule has 0 spiro atoms. The van der Waals surface area contributed by atoms with Crippen molar-refractivity contribution in [2.45, 2.75) is 11.0 Å². The zero-order chi connectivity index (χ0) is 13.5. The largest absolute Gasteiger partial charge is 0.390 e. The minimum Gasteiger partial charge on any atom is -0.390 e. The standard InChI is InChI=1S/C9H9ClN2O5S/c10-6-1-2-9(8(3-6)12(14)15)18(16,17)11-4-7(13)5-11/h1-3,7,13H,4-5H2. The van der Waals surface area contributed by atoms with Gasteiger partial charge in [-0.3, -0.25) is 10.1 Å². The first-order chi connectivity index (χ1) is 8.32. The fourth-order valence-corrected chi connectivity index (χ4v) is 3.42. The van der Waals surface area contributed by atoms with Crippen LogP contribution in [0.1, 0.15) is 0 Å². The number of nitro benzene ring substituents is 1. The Hall–Kier alpha value is -1.22. The minimum absolute atomic E-state index is 0.0535. The maximum absolute atomic E-state index is 12.1. The van der Waals surface area contributed by atoms with Crippen LogP contribution in [0.2, 0.25) is 5.02 Å². The van der Waals surface area contributed by atoms with Crippen LogP contribution in [0.5, 0.6) is 0 Å². The molecule has 1 aromatic rings. The van der Waals surface area contributed by atoms with Gasteiger partial charge in [-0.05, 0) is 12.1 Å². The molecule has 1 aliphatic rings. The summed E-state index contributed by atoms with van der Waals surface area (Å²) in [7, 11) is -3.95. The first-order valence-corrected chi connectivity index (χ1v) is 6.76. The number of hydrogen-bond donors (Lipinski definition) is 1. The highest BCUT2D eigenvalue weighted by atomic mass is 35.5. The van der Waals surface area contributed by atoms with Crippen LogP contribution < -0.4 is 0 Å². The third-order valence-corrected chi connectivity index (χ3v) is 4.68. The van der Waals surface area contributed by atoms with E-state index in [0.29, 0.717) is 0 Å². The summed E-state index contributed by atoms with van der Waals surface area (Å²) in [5.41, 5.74) is -0.566. The number of hydrogen-bond acceptors (Lipinski definition) is 5. The molecule has 1 aliphatic heterocycles. The lowest BCUT2D eigenvalue weighted by Gasteiger charge is -2.34. The van der Waals surface area contributed by atoms with E-state index in [1.807, 2.05) is 0 Å². The van der Waals surface area contributed by atoms with Crippen molar-refractivity contribution in [3.05, 3.63) is 33.3 Å². The average Bonchev–Trinajstić information content (AvgIpc) is 2.24. The first-order valence-electron chi connectivity index (χ1n) is 4.94. The Bertz CT molecular complexity index is 597. The molecule has 0 aliphatic carbocycles. The van der Waals surface area contributed by atoms with E-state index in [2.05, 4.69) is 0 Å². The maximum atomic E-state index is 12.1. The SMILES string of the molecule is O=[N+]([O-])c1cc(Cl)ccc1S(=O)(=O)N1CC(O)C1. The van der Waals surface area contributed by atoms with Crippen molar-refractivity contribution in [2.75, 3.05) is 13.1 Å². The lowest BCUT2D eigenvalue weighted by molar-refractivity contribution is -0.387. The summed E-state index contributed by atoms with van der Waals surface area (Å²) in [5.74, 6) is 0. The zero-order valence-corrected chi connectivity index (χ0v) is 10.6. The lowest BCUT2D eigenvalue weighted by Crippen LogP contribution is -2.53. The van der Waals surface area contributed by atoms with E-state index in [1.165, 1.54) is 6.07 Å². The molecule has 0 bridgehead atoms. The molecule has 0 saturated carbocycles. The molecule has 0 aromatic heterocycles. The first kappa shape index (κ1) is 13.2. The zero-order valence-electron chi connectivity index (χ0n) is 8.98. The number of nitro groups is 1. The second-order valence-electron chi connectivity index (χ2n) is 3.85. The summed E-state index contributed by atoms with van der Waals surface area (Å²) >= 11 is 5.61. The fourth-order valence-electron chi connectivity index (χ4n) is 1.60. The molecular weight excluding hydrogens is 284 g/mol. The molecule has 0 radical (unpaired) electrons. The number of benzene rings is 1. The molecule has 0 atom stereocenters. The lowest BCUT2D eigenvalue weighted by atomic mass is 10.2. The Morgan fingerprint density at radius 1 is 1.44 bits per heavy atom. The molecule has 2 rings (SSSR count). The Morgan fingerprint density at radius 3 is 2.56 bits per heavy atom. The molecule has 1 heterocycles. The van der Waals surface area contributed by atoms with Crippen LogP contribution in [-0.4, -0.2) is 41.9 Å². The smallest absolute Gasteiger partial charge is 0.290 e. The Balaban J connectivity index is 2.48. The summed E-state index contributed by atoms with van der Waals surface area (Å²) in [6.45, 7) is -0.107. The van der Waals surface area contributed by atoms with Crippen LogP contribution in [-0.2, 0) is 10.0 Å². The molecule has 98 valence electrons. The molecule has 18 heavy (non-hydrogen) atoms. The summed E-state index contributed by atoms with van der Waals surface area (Å²) in [6, 6.07) is 3.36. The number of nitrogens with zero attached hydrogens (tertiary/aromatic N) is 2. The molecule has 0 amide bonds. The van der Waals surface area contributed by atoms with Gasteiger partial charge < -0.3 is 5.11 Å². The third-order valence-electron chi connectivity index (χ3n) is 2.56. The molecule has 0 unspecified atom stereocenters. The molecule has 1 N–H and O–H groups in total. The van der Waals surface area contributed by atoms with Gasteiger partial charge in [-0.15, -0.1) is 0 Å². The van der Waals surface area contributed by atoms with Crippen LogP contribution in [0.25, 0.3) is 0 Å². The molecule has 7 nitrogen and oxygen atoms in total. The van der Waals surface area contributed by atoms with Gasteiger partial charge >= 0.3 is 0 Å². The Kier molecular flexibility index (Phi) is 3.28. The van der Waals surface area contributed by atoms with Crippen molar-refractivity contribution in [3.8, 4) is 0 Å². The number of sulfonamides is 1. The van der Waals surface area contributed by atoms with Gasteiger partial charge in [0, 0.05) is 24.2 Å². The van der Waals surface area contributed by atoms with Crippen molar-refractivity contribution in [3.63, 3.8) is 0 Å². The second kappa shape index (κ2) is 4.47. The topological polar surface area (TPSA) is 101 Å². The Morgan fingerprint density at radius 2 is 2.06 bits per heavy atom. The molecular formula is C9H9ClN2O5S. The van der Waals surface area contributed by atoms with Crippen molar-refractivity contribution in [1.82, 2.24) is 4.31 Å². The van der Waals surface area contributed by atoms with Crippen LogP contribution >= 0.6 is 11.6 Å². The van der Waals surface area contributed by atoms with E-state index in [-0.39, 0.29) is 18.1 Å². The van der Waals surface area contributed by atoms with Crippen LogP contribution in [0, 0.1) is 10.1 Å². The van der Waals surface area contributed by atoms with E-state index < -0.39 is 31.6 Å². The van der Waals surface area contributed by atoms with Gasteiger partial charge in [0.15, 0.2) is 4.90 Å². The van der Waals surface area contributed by atoms with E-state index >= 15 is 0 Å². The maximum Gasteiger partial charge on any atom is 0.290 e. The van der Waals surface area contributed by atoms with Crippen LogP contribution in [0.15, 0.2) is 23.1 Å². The monoisotopic (exact) mass is 292 g/mol. The Labute approximate surface area is 108 Å². The number of halogens is 1. The van der Waals surface area contributed by atoms with E-state index in [0.717, 1.165) is 16.4 Å². The van der Waals surface area contributed by atoms with Crippen LogP contribution in [0.3, 0.4) is 0 Å². The molecule has 1 saturated heterocycles. The van der Waals surface area contributed by atoms with Crippen molar-refractivity contribution in [2.24, 2.45) is 0 Å². The second-order valence-corrected chi connectivity index (χ2v) is 6.19. The predicted octanol–water partition coefficient (Wildman–Crippen LogP) is 0.613. The highest BCUT2D eigenvalue weighted by Gasteiger charge is 2.39. The van der Waals surface area contributed by atoms with E-state index in [1.54, 1.807) is 0 Å². The minimum atomic E-state index is -3.95. The van der Waals surface area contributed by atoms with Gasteiger partial charge in [0.1, 0.15) is 0 Å². The highest BCUT2D eigenvalue weighted by molar-refractivity contribution is 7.89. The van der Waals surface area contributed by atoms with E-state index in [4.69, 9.17) is 16.7 Å². The van der Waals surface area contributed by atoms with Gasteiger partial charge in [0.25, 0.3) is 5.69 Å². The molecule has 1 fully saturated rings. The number of β-amino-alcohol motifs (C(OH)–C–C–N with tert-alkyl or cyclic N) is 1. The van der Waals surface area contributed by atoms with Crippen molar-refractivity contribution in [1.29, 1.82) is 0 Å². The highest BCUT2D eigenvalue weighted by Crippen LogP contribution is 2.31. The quantitative estimate of drug-likeness (QED) is 0.650. The molecule has 1 aromatic carbocycles. The fraction of sp³-hybridized carbons (Fsp3) is 0.333. The van der Waals surface area contributed by atoms with Crippen molar-refractivity contribution < 1.29 is 18.4 Å². The summed E-state index contributed by atoms with van der Waals surface area (Å²) < 4.78 is 25.1. The number of aliphatic hydroxyl groups excluding tert-OH is 1. The predicted molar refractivity (Wildman–Crippen MR) is 62.9 cm³/mol. The normalized spacial score (nSPS) is 17.4. The number of aliphatic hydroxyl groups is 1. The summed E-state index contributed by atoms with van der Waals surface area (Å²) in [5, 5.41) is 20.0. The van der Waals surface area contributed by atoms with Gasteiger partial charge in [0.2, 0.25) is 10.0 Å². The van der Waals surface area contributed by atoms with Crippen LogP contribution in [0.4, 0.5) is 5.69 Å². The van der Waals surface area contributed by atoms with Gasteiger partial charge in [0.05, 0.1) is 11.0 Å². The van der Waals surface area contributed by atoms with Gasteiger partial charge in [-0.1, -0.05) is 11.6 Å². The van der Waals surface area contributed by atoms with Gasteiger partial charge in [-0.2, -0.15) is 4.31 Å². The molecule has 9 heteroatoms. The summed E-state index contributed by atoms with van der Waals surface area (Å²) in [4.78, 5) is 9.62. The van der Waals surface area contributed by atoms with E-state index in [9.17, 15) is 18.5 Å². The number of rotatable bonds is 3.